The summed E-state index contributed by atoms with van der Waals surface area (Å²) in [6.45, 7) is 0. The molecule has 1 aliphatic rings. The summed E-state index contributed by atoms with van der Waals surface area (Å²) in [4.78, 5) is 26.0. The second-order valence-electron chi connectivity index (χ2n) is 5.54. The zero-order valence-corrected chi connectivity index (χ0v) is 12.9. The van der Waals surface area contributed by atoms with E-state index in [0.717, 1.165) is 5.56 Å². The van der Waals surface area contributed by atoms with E-state index in [4.69, 9.17) is 4.74 Å². The van der Waals surface area contributed by atoms with Gasteiger partial charge in [0.05, 0.1) is 13.2 Å². The van der Waals surface area contributed by atoms with Crippen LogP contribution < -0.4 is 4.74 Å². The Hall–Kier alpha value is -2.82. The van der Waals surface area contributed by atoms with Crippen molar-refractivity contribution >= 4 is 11.9 Å². The van der Waals surface area contributed by atoms with E-state index in [1.807, 2.05) is 0 Å². The van der Waals surface area contributed by atoms with Gasteiger partial charge in [0.2, 0.25) is 0 Å². The fraction of sp³-hybridized carbons (Fsp3) is 0.222. The van der Waals surface area contributed by atoms with Gasteiger partial charge in [0.1, 0.15) is 11.7 Å². The Morgan fingerprint density at radius 1 is 1.13 bits per heavy atom. The van der Waals surface area contributed by atoms with Crippen molar-refractivity contribution in [1.82, 2.24) is 4.90 Å². The number of amides is 1. The van der Waals surface area contributed by atoms with Gasteiger partial charge in [0.25, 0.3) is 5.91 Å². The number of hydrogen-bond acceptors (Lipinski definition) is 3. The number of carbonyl (C=O) groups is 2. The van der Waals surface area contributed by atoms with Gasteiger partial charge >= 0.3 is 5.97 Å². The van der Waals surface area contributed by atoms with Gasteiger partial charge in [-0.05, 0) is 29.3 Å². The molecule has 5 nitrogen and oxygen atoms in total. The van der Waals surface area contributed by atoms with E-state index in [-0.39, 0.29) is 5.91 Å². The summed E-state index contributed by atoms with van der Waals surface area (Å²) in [5.74, 6) is -1.23. The maximum Gasteiger partial charge on any atom is 0.313 e. The molecule has 0 aliphatic carbocycles. The van der Waals surface area contributed by atoms with Gasteiger partial charge in [-0.3, -0.25) is 9.59 Å². The molecule has 0 unspecified atom stereocenters. The van der Waals surface area contributed by atoms with Gasteiger partial charge in [-0.15, -0.1) is 0 Å². The Kier molecular flexibility index (Phi) is 3.78. The lowest BCUT2D eigenvalue weighted by Crippen LogP contribution is -2.42. The molecular weight excluding hydrogens is 294 g/mol. The highest BCUT2D eigenvalue weighted by atomic mass is 16.5. The van der Waals surface area contributed by atoms with Crippen molar-refractivity contribution in [3.63, 3.8) is 0 Å². The second-order valence-corrected chi connectivity index (χ2v) is 5.54. The quantitative estimate of drug-likeness (QED) is 0.946. The molecule has 1 aliphatic heterocycles. The molecule has 0 aromatic heterocycles. The van der Waals surface area contributed by atoms with E-state index >= 15 is 0 Å². The van der Waals surface area contributed by atoms with Gasteiger partial charge in [0, 0.05) is 12.6 Å². The minimum absolute atomic E-state index is 0.168. The Bertz CT molecular complexity index is 754. The molecule has 1 heterocycles. The Balaban J connectivity index is 2.14. The van der Waals surface area contributed by atoms with Crippen LogP contribution in [0.2, 0.25) is 0 Å². The van der Waals surface area contributed by atoms with Gasteiger partial charge in [-0.25, -0.2) is 0 Å². The molecule has 2 aromatic carbocycles. The number of hydrogen-bond donors (Lipinski definition) is 1. The lowest BCUT2D eigenvalue weighted by molar-refractivity contribution is -0.140. The van der Waals surface area contributed by atoms with Crippen molar-refractivity contribution in [2.45, 2.75) is 12.0 Å². The first kappa shape index (κ1) is 15.1. The van der Waals surface area contributed by atoms with Crippen molar-refractivity contribution in [3.8, 4) is 5.75 Å². The predicted octanol–water partition coefficient (Wildman–Crippen LogP) is 2.69. The minimum atomic E-state index is -0.947. The molecule has 0 radical (unpaired) electrons. The van der Waals surface area contributed by atoms with E-state index < -0.39 is 17.9 Å². The Morgan fingerprint density at radius 2 is 1.78 bits per heavy atom. The van der Waals surface area contributed by atoms with Crippen molar-refractivity contribution < 1.29 is 19.4 Å². The second kappa shape index (κ2) is 5.76. The fourth-order valence-electron chi connectivity index (χ4n) is 3.16. The Morgan fingerprint density at radius 3 is 2.39 bits per heavy atom. The third-order valence-corrected chi connectivity index (χ3v) is 4.30. The van der Waals surface area contributed by atoms with Crippen LogP contribution in [0.3, 0.4) is 0 Å². The van der Waals surface area contributed by atoms with Crippen LogP contribution in [-0.2, 0) is 4.79 Å². The fourth-order valence-corrected chi connectivity index (χ4v) is 3.16. The van der Waals surface area contributed by atoms with Crippen LogP contribution in [0.4, 0.5) is 0 Å². The summed E-state index contributed by atoms with van der Waals surface area (Å²) >= 11 is 0. The van der Waals surface area contributed by atoms with E-state index in [1.54, 1.807) is 62.7 Å². The molecule has 0 saturated carbocycles. The number of carboxylic acid groups (broad SMARTS) is 1. The molecule has 1 amide bonds. The zero-order chi connectivity index (χ0) is 16.6. The zero-order valence-electron chi connectivity index (χ0n) is 12.9. The SMILES string of the molecule is COc1ccc([C@@H]2[C@@H](C(=O)O)c3ccccc3C(=O)N2C)cc1. The summed E-state index contributed by atoms with van der Waals surface area (Å²) in [5, 5.41) is 9.76. The predicted molar refractivity (Wildman–Crippen MR) is 84.6 cm³/mol. The number of carboxylic acids is 1. The first-order valence-corrected chi connectivity index (χ1v) is 7.27. The smallest absolute Gasteiger partial charge is 0.313 e. The van der Waals surface area contributed by atoms with Crippen LogP contribution in [0.5, 0.6) is 5.75 Å². The van der Waals surface area contributed by atoms with Crippen molar-refractivity contribution in [1.29, 1.82) is 0 Å². The number of nitrogens with zero attached hydrogens (tertiary/aromatic N) is 1. The maximum atomic E-state index is 12.6. The summed E-state index contributed by atoms with van der Waals surface area (Å²) < 4.78 is 5.14. The average Bonchev–Trinajstić information content (AvgIpc) is 2.57. The van der Waals surface area contributed by atoms with Crippen LogP contribution in [0.25, 0.3) is 0 Å². The van der Waals surface area contributed by atoms with Crippen molar-refractivity contribution in [3.05, 3.63) is 65.2 Å². The van der Waals surface area contributed by atoms with Crippen LogP contribution in [0.1, 0.15) is 33.4 Å². The number of benzene rings is 2. The van der Waals surface area contributed by atoms with E-state index in [9.17, 15) is 14.7 Å². The van der Waals surface area contributed by atoms with E-state index in [0.29, 0.717) is 16.9 Å². The largest absolute Gasteiger partial charge is 0.497 e. The standard InChI is InChI=1S/C18H17NO4/c1-19-16(11-7-9-12(23-2)10-8-11)15(18(21)22)13-5-3-4-6-14(13)17(19)20/h3-10,15-16H,1-2H3,(H,21,22)/t15-,16+/m0/s1. The van der Waals surface area contributed by atoms with Crippen LogP contribution in [0.15, 0.2) is 48.5 Å². The third-order valence-electron chi connectivity index (χ3n) is 4.30. The number of methoxy groups -OCH3 is 1. The lowest BCUT2D eigenvalue weighted by Gasteiger charge is -2.38. The highest BCUT2D eigenvalue weighted by Crippen LogP contribution is 2.42. The van der Waals surface area contributed by atoms with Gasteiger partial charge in [-0.2, -0.15) is 0 Å². The lowest BCUT2D eigenvalue weighted by atomic mass is 9.80. The molecule has 5 heteroatoms. The molecule has 118 valence electrons. The first-order valence-electron chi connectivity index (χ1n) is 7.27. The van der Waals surface area contributed by atoms with E-state index in [2.05, 4.69) is 0 Å². The molecule has 2 atom stereocenters. The number of likely N-dealkylation sites (N-methyl/N-ethyl adjacent to an activating group) is 1. The number of carbonyl (C=O) groups excluding carboxylic acids is 1. The van der Waals surface area contributed by atoms with Crippen LogP contribution in [-0.4, -0.2) is 36.0 Å². The van der Waals surface area contributed by atoms with Gasteiger partial charge in [-0.1, -0.05) is 30.3 Å². The average molecular weight is 311 g/mol. The normalized spacial score (nSPS) is 20.1. The van der Waals surface area contributed by atoms with Crippen molar-refractivity contribution in [2.75, 3.05) is 14.2 Å². The molecule has 1 N–H and O–H groups in total. The van der Waals surface area contributed by atoms with Crippen LogP contribution in [0, 0.1) is 0 Å². The first-order chi connectivity index (χ1) is 11.0. The summed E-state index contributed by atoms with van der Waals surface area (Å²) in [7, 11) is 3.21. The number of fused-ring (bicyclic) bond motifs is 1. The Labute approximate surface area is 134 Å². The molecule has 3 rings (SSSR count). The van der Waals surface area contributed by atoms with Crippen molar-refractivity contribution in [2.24, 2.45) is 0 Å². The molecule has 0 fully saturated rings. The van der Waals surface area contributed by atoms with Crippen LogP contribution >= 0.6 is 0 Å². The number of ether oxygens (including phenoxy) is 1. The third kappa shape index (κ3) is 2.44. The number of rotatable bonds is 3. The highest BCUT2D eigenvalue weighted by molar-refractivity contribution is 6.00. The summed E-state index contributed by atoms with van der Waals surface area (Å²) in [5.41, 5.74) is 1.78. The van der Waals surface area contributed by atoms with Gasteiger partial charge < -0.3 is 14.7 Å². The molecule has 0 saturated heterocycles. The topological polar surface area (TPSA) is 66.8 Å². The highest BCUT2D eigenvalue weighted by Gasteiger charge is 2.42. The maximum absolute atomic E-state index is 12.6. The molecule has 23 heavy (non-hydrogen) atoms. The molecule has 0 spiro atoms. The van der Waals surface area contributed by atoms with Gasteiger partial charge in [0.15, 0.2) is 0 Å². The molecular formula is C18H17NO4. The molecule has 0 bridgehead atoms. The van der Waals surface area contributed by atoms with E-state index in [1.165, 1.54) is 4.90 Å². The molecule has 2 aromatic rings. The minimum Gasteiger partial charge on any atom is -0.497 e. The summed E-state index contributed by atoms with van der Waals surface area (Å²) in [6.07, 6.45) is 0. The summed E-state index contributed by atoms with van der Waals surface area (Å²) in [6, 6.07) is 13.5. The monoisotopic (exact) mass is 311 g/mol. The number of aliphatic carboxylic acids is 1.